The quantitative estimate of drug-likeness (QED) is 0.825. The molecule has 2 N–H and O–H groups in total. The maximum atomic E-state index is 12.5. The van der Waals surface area contributed by atoms with Crippen LogP contribution < -0.4 is 10.6 Å². The predicted molar refractivity (Wildman–Crippen MR) is 90.4 cm³/mol. The van der Waals surface area contributed by atoms with Gasteiger partial charge < -0.3 is 19.8 Å². The SMILES string of the molecule is CC(C)OC(=O)c1cc2cnc(C(=O)N[C@@H]3C[C@H]4CC[C@@H]3N4)cc2o1. The molecule has 0 radical (unpaired) electrons. The van der Waals surface area contributed by atoms with Gasteiger partial charge in [0, 0.05) is 41.8 Å². The molecule has 2 aromatic heterocycles. The molecular weight excluding hydrogens is 322 g/mol. The third kappa shape index (κ3) is 3.11. The topological polar surface area (TPSA) is 93.5 Å². The molecule has 2 saturated heterocycles. The van der Waals surface area contributed by atoms with Gasteiger partial charge in [0.25, 0.3) is 5.91 Å². The number of fused-ring (bicyclic) bond motifs is 3. The fourth-order valence-electron chi connectivity index (χ4n) is 3.66. The Balaban J connectivity index is 1.50. The highest BCUT2D eigenvalue weighted by Gasteiger charge is 2.39. The molecular formula is C18H21N3O4. The minimum atomic E-state index is -0.523. The average molecular weight is 343 g/mol. The molecule has 132 valence electrons. The molecule has 1 amide bonds. The number of hydrogen-bond acceptors (Lipinski definition) is 6. The standard InChI is InChI=1S/C18H21N3O4/c1-9(2)24-18(23)16-5-10-8-19-14(7-15(10)25-16)17(22)21-13-6-11-3-4-12(13)20-11/h5,7-9,11-13,20H,3-4,6H2,1-2H3,(H,21,22)/t11-,12+,13-/m1/s1. The van der Waals surface area contributed by atoms with Crippen LogP contribution in [0, 0.1) is 0 Å². The van der Waals surface area contributed by atoms with Gasteiger partial charge in [-0.3, -0.25) is 9.78 Å². The summed E-state index contributed by atoms with van der Waals surface area (Å²) in [7, 11) is 0. The fourth-order valence-corrected chi connectivity index (χ4v) is 3.66. The molecule has 7 nitrogen and oxygen atoms in total. The zero-order chi connectivity index (χ0) is 17.6. The smallest absolute Gasteiger partial charge is 0.374 e. The largest absolute Gasteiger partial charge is 0.457 e. The van der Waals surface area contributed by atoms with Crippen molar-refractivity contribution in [1.82, 2.24) is 15.6 Å². The zero-order valence-electron chi connectivity index (χ0n) is 14.2. The summed E-state index contributed by atoms with van der Waals surface area (Å²) >= 11 is 0. The van der Waals surface area contributed by atoms with E-state index >= 15 is 0 Å². The lowest BCUT2D eigenvalue weighted by Crippen LogP contribution is -2.43. The second-order valence-electron chi connectivity index (χ2n) is 7.04. The second kappa shape index (κ2) is 6.15. The van der Waals surface area contributed by atoms with Crippen molar-refractivity contribution < 1.29 is 18.7 Å². The first-order valence-electron chi connectivity index (χ1n) is 8.67. The number of esters is 1. The van der Waals surface area contributed by atoms with Crippen LogP contribution in [-0.2, 0) is 4.74 Å². The molecule has 7 heteroatoms. The highest BCUT2D eigenvalue weighted by Crippen LogP contribution is 2.28. The lowest BCUT2D eigenvalue weighted by Gasteiger charge is -2.21. The van der Waals surface area contributed by atoms with Gasteiger partial charge in [-0.25, -0.2) is 4.79 Å². The number of nitrogens with zero attached hydrogens (tertiary/aromatic N) is 1. The van der Waals surface area contributed by atoms with Gasteiger partial charge in [-0.2, -0.15) is 0 Å². The maximum Gasteiger partial charge on any atom is 0.374 e. The van der Waals surface area contributed by atoms with Gasteiger partial charge in [0.05, 0.1) is 6.10 Å². The molecule has 4 rings (SSSR count). The van der Waals surface area contributed by atoms with Crippen molar-refractivity contribution >= 4 is 22.8 Å². The minimum absolute atomic E-state index is 0.111. The summed E-state index contributed by atoms with van der Waals surface area (Å²) in [6.07, 6.45) is 4.56. The second-order valence-corrected chi connectivity index (χ2v) is 7.04. The Morgan fingerprint density at radius 3 is 2.88 bits per heavy atom. The molecule has 2 bridgehead atoms. The van der Waals surface area contributed by atoms with E-state index in [2.05, 4.69) is 15.6 Å². The van der Waals surface area contributed by atoms with Crippen molar-refractivity contribution in [1.29, 1.82) is 0 Å². The molecule has 0 unspecified atom stereocenters. The van der Waals surface area contributed by atoms with E-state index < -0.39 is 5.97 Å². The monoisotopic (exact) mass is 343 g/mol. The normalized spacial score (nSPS) is 24.8. The summed E-state index contributed by atoms with van der Waals surface area (Å²) in [5.74, 6) is -0.630. The van der Waals surface area contributed by atoms with Gasteiger partial charge in [0.2, 0.25) is 5.76 Å². The Bertz CT molecular complexity index is 829. The number of rotatable bonds is 4. The van der Waals surface area contributed by atoms with Gasteiger partial charge in [0.1, 0.15) is 11.3 Å². The lowest BCUT2D eigenvalue weighted by atomic mass is 9.95. The van der Waals surface area contributed by atoms with E-state index in [1.807, 2.05) is 0 Å². The van der Waals surface area contributed by atoms with E-state index in [0.29, 0.717) is 23.1 Å². The Labute approximate surface area is 145 Å². The first-order chi connectivity index (χ1) is 12.0. The zero-order valence-corrected chi connectivity index (χ0v) is 14.2. The van der Waals surface area contributed by atoms with Crippen molar-refractivity contribution in [2.24, 2.45) is 0 Å². The van der Waals surface area contributed by atoms with Crippen LogP contribution in [0.5, 0.6) is 0 Å². The maximum absolute atomic E-state index is 12.5. The number of ether oxygens (including phenoxy) is 1. The number of nitrogens with one attached hydrogen (secondary N) is 2. The Morgan fingerprint density at radius 1 is 1.36 bits per heavy atom. The van der Waals surface area contributed by atoms with Crippen LogP contribution in [0.1, 0.15) is 54.2 Å². The Morgan fingerprint density at radius 2 is 2.20 bits per heavy atom. The van der Waals surface area contributed by atoms with Gasteiger partial charge in [0.15, 0.2) is 0 Å². The number of carbonyl (C=O) groups excluding carboxylic acids is 2. The number of furan rings is 1. The molecule has 3 atom stereocenters. The third-order valence-electron chi connectivity index (χ3n) is 4.79. The van der Waals surface area contributed by atoms with Crippen LogP contribution in [0.15, 0.2) is 22.7 Å². The first kappa shape index (κ1) is 16.1. The van der Waals surface area contributed by atoms with Crippen LogP contribution in [0.2, 0.25) is 0 Å². The molecule has 0 spiro atoms. The average Bonchev–Trinajstić information content (AvgIpc) is 3.28. The molecule has 2 fully saturated rings. The predicted octanol–water partition coefficient (Wildman–Crippen LogP) is 2.02. The van der Waals surface area contributed by atoms with E-state index in [-0.39, 0.29) is 29.5 Å². The summed E-state index contributed by atoms with van der Waals surface area (Å²) in [6.45, 7) is 3.55. The number of pyridine rings is 1. The summed E-state index contributed by atoms with van der Waals surface area (Å²) in [4.78, 5) is 28.6. The molecule has 0 aromatic carbocycles. The molecule has 0 saturated carbocycles. The van der Waals surface area contributed by atoms with E-state index in [1.165, 1.54) is 6.42 Å². The molecule has 0 aliphatic carbocycles. The van der Waals surface area contributed by atoms with Gasteiger partial charge in [-0.1, -0.05) is 0 Å². The number of carbonyl (C=O) groups is 2. The lowest BCUT2D eigenvalue weighted by molar-refractivity contribution is 0.0344. The van der Waals surface area contributed by atoms with Gasteiger partial charge in [-0.15, -0.1) is 0 Å². The molecule has 2 aliphatic rings. The van der Waals surface area contributed by atoms with Crippen LogP contribution >= 0.6 is 0 Å². The molecule has 2 aliphatic heterocycles. The van der Waals surface area contributed by atoms with Crippen LogP contribution in [0.3, 0.4) is 0 Å². The number of hydrogen-bond donors (Lipinski definition) is 2. The van der Waals surface area contributed by atoms with E-state index in [4.69, 9.17) is 9.15 Å². The van der Waals surface area contributed by atoms with Crippen LogP contribution in [0.25, 0.3) is 11.0 Å². The summed E-state index contributed by atoms with van der Waals surface area (Å²) in [6, 6.07) is 4.17. The van der Waals surface area contributed by atoms with Gasteiger partial charge >= 0.3 is 5.97 Å². The van der Waals surface area contributed by atoms with E-state index in [1.54, 1.807) is 32.2 Å². The summed E-state index contributed by atoms with van der Waals surface area (Å²) in [5.41, 5.74) is 0.732. The molecule has 2 aromatic rings. The third-order valence-corrected chi connectivity index (χ3v) is 4.79. The van der Waals surface area contributed by atoms with Crippen LogP contribution in [-0.4, -0.2) is 41.1 Å². The first-order valence-corrected chi connectivity index (χ1v) is 8.67. The molecule has 4 heterocycles. The van der Waals surface area contributed by atoms with Crippen molar-refractivity contribution in [3.8, 4) is 0 Å². The minimum Gasteiger partial charge on any atom is -0.457 e. The summed E-state index contributed by atoms with van der Waals surface area (Å²) in [5, 5.41) is 7.20. The van der Waals surface area contributed by atoms with Crippen molar-refractivity contribution in [2.75, 3.05) is 0 Å². The number of amides is 1. The highest BCUT2D eigenvalue weighted by molar-refractivity contribution is 5.97. The van der Waals surface area contributed by atoms with Crippen LogP contribution in [0.4, 0.5) is 0 Å². The van der Waals surface area contributed by atoms with Gasteiger partial charge in [-0.05, 0) is 33.1 Å². The van der Waals surface area contributed by atoms with Crippen molar-refractivity contribution in [3.63, 3.8) is 0 Å². The Hall–Kier alpha value is -2.41. The fraction of sp³-hybridized carbons (Fsp3) is 0.500. The highest BCUT2D eigenvalue weighted by atomic mass is 16.6. The van der Waals surface area contributed by atoms with Crippen molar-refractivity contribution in [2.45, 2.75) is 57.3 Å². The van der Waals surface area contributed by atoms with E-state index in [0.717, 1.165) is 12.8 Å². The number of aromatic nitrogens is 1. The van der Waals surface area contributed by atoms with Crippen molar-refractivity contribution in [3.05, 3.63) is 29.8 Å². The Kier molecular flexibility index (Phi) is 3.95. The summed E-state index contributed by atoms with van der Waals surface area (Å²) < 4.78 is 10.7. The van der Waals surface area contributed by atoms with E-state index in [9.17, 15) is 9.59 Å². The molecule has 25 heavy (non-hydrogen) atoms.